The number of rotatable bonds is 30. The highest BCUT2D eigenvalue weighted by Crippen LogP contribution is 2.55. The number of esters is 1. The van der Waals surface area contributed by atoms with Crippen LogP contribution < -0.4 is 5.32 Å². The van der Waals surface area contributed by atoms with Crippen molar-refractivity contribution in [2.75, 3.05) is 33.0 Å². The minimum absolute atomic E-state index is 0. The lowest BCUT2D eigenvalue weighted by Gasteiger charge is -2.40. The molecule has 6 rings (SSSR count). The van der Waals surface area contributed by atoms with Crippen LogP contribution in [0.1, 0.15) is 158 Å². The monoisotopic (exact) mass is 1420 g/mol. The van der Waals surface area contributed by atoms with Crippen LogP contribution in [0.3, 0.4) is 0 Å². The first kappa shape index (κ1) is 84.3. The van der Waals surface area contributed by atoms with Crippen molar-refractivity contribution in [3.63, 3.8) is 0 Å². The van der Waals surface area contributed by atoms with Crippen molar-refractivity contribution < 1.29 is 125 Å². The molecule has 24 atom stereocenters. The molecule has 0 aromatic heterocycles. The summed E-state index contributed by atoms with van der Waals surface area (Å²) in [5.41, 5.74) is 0. The van der Waals surface area contributed by atoms with E-state index in [1.54, 1.807) is 20.8 Å². The van der Waals surface area contributed by atoms with Crippen LogP contribution in [0.15, 0.2) is 0 Å². The van der Waals surface area contributed by atoms with Gasteiger partial charge in [-0.2, -0.15) is 5.26 Å². The van der Waals surface area contributed by atoms with Crippen molar-refractivity contribution >= 4 is 67.7 Å². The third-order valence-corrected chi connectivity index (χ3v) is 30.2. The van der Waals surface area contributed by atoms with E-state index >= 15 is 0 Å². The van der Waals surface area contributed by atoms with Crippen molar-refractivity contribution in [2.24, 2.45) is 0 Å². The van der Waals surface area contributed by atoms with E-state index in [9.17, 15) is 48.4 Å². The highest BCUT2D eigenvalue weighted by Gasteiger charge is 2.54. The van der Waals surface area contributed by atoms with E-state index < -0.39 is 150 Å². The Kier molecular flexibility index (Phi) is 33.1. The van der Waals surface area contributed by atoms with Gasteiger partial charge in [0.25, 0.3) is 0 Å². The maximum absolute atomic E-state index is 14.0. The van der Waals surface area contributed by atoms with Gasteiger partial charge in [0.05, 0.1) is 106 Å². The fourth-order valence-electron chi connectivity index (χ4n) is 10.5. The number of aliphatic hydroxyl groups excluding tert-OH is 3. The molecule has 0 saturated carbocycles. The molecule has 6 aliphatic rings. The van der Waals surface area contributed by atoms with Gasteiger partial charge in [0, 0.05) is 47.1 Å². The molecule has 0 bridgehead atoms. The van der Waals surface area contributed by atoms with Gasteiger partial charge >= 0.3 is 29.4 Å². The van der Waals surface area contributed by atoms with Crippen LogP contribution in [-0.2, 0) is 97.0 Å². The molecule has 0 spiro atoms. The number of hydrogen-bond acceptors (Lipinski definition) is 25. The lowest BCUT2D eigenvalue weighted by atomic mass is 9.93. The van der Waals surface area contributed by atoms with Crippen molar-refractivity contribution in [1.29, 1.82) is 5.26 Å². The van der Waals surface area contributed by atoms with Gasteiger partial charge in [0.1, 0.15) is 70.6 Å². The predicted molar refractivity (Wildman–Crippen MR) is 351 cm³/mol. The van der Waals surface area contributed by atoms with E-state index in [2.05, 4.69) is 73.0 Å². The van der Waals surface area contributed by atoms with E-state index in [4.69, 9.17) is 94.6 Å². The van der Waals surface area contributed by atoms with Crippen molar-refractivity contribution in [2.45, 2.75) is 319 Å². The van der Waals surface area contributed by atoms with Crippen LogP contribution in [-0.4, -0.2) is 230 Å². The number of carbonyl (C=O) groups is 2. The van der Waals surface area contributed by atoms with Crippen LogP contribution in [0.2, 0.25) is 36.3 Å². The standard InChI is InChI=1S/C28H51N2O10PSi.C18H36BO8PSi.C12H22BO8P.2H2/c1-10-21-27(26(20(4)37-21)40-42(8,9)28(5,6)7)39-41(33,34-16-12-15-29)35-18-23-22(17-19(3)36-23)38-25(32)14-13-24(31)30-11-2;1-8-13-15(16(17(19)25-13)27-29(6,7)18(3,4)5)26-28(21,22)23-10-14-12(20)9-11(2)24-14;1-3-8-11(10(15)12(13)20-8)21-22(16,17)18-5-9-7(14)4-6(2)19-9;;/h19-23,26-27H,10-14,16-18H2,1-9H3,(H,30,31);11-17,20H,8-10H2,1-7H3,(H,21,22);6-12,14-15H,3-5H2,1-2H3,(H,16,17);2*1H/t19-,20-,21+,22?,23+,26+,27?,41?;11-,12?,13+,14+,15?,16-,17+;6-,7?,8+,9+,10-,11?,12+;;/m000../s1. The van der Waals surface area contributed by atoms with E-state index in [-0.39, 0.29) is 88.9 Å². The molecule has 0 aromatic carbocycles. The Morgan fingerprint density at radius 2 is 1.03 bits per heavy atom. The highest BCUT2D eigenvalue weighted by atomic mass is 31.2. The molecule has 4 radical (unpaired) electrons. The minimum atomic E-state index is -4.45. The SMILES string of the molecule is CCNC(=O)CCC(=O)OC1C[C@H](C)O[C@@H]1COP(=O)(OCCC#N)OC1[C@@H](CC)O[C@@H](C)[C@H]1O[Si](C)(C)C(C)(C)C.[B][C@@H]1O[C@H](CC)C(OP(=O)(O)OC[C@H]2O[C@@H](C)CC2O)[C@@H]1O.[B][C@@H]1O[C@H](CC)C(OP(=O)(O)OC[C@H]2O[C@@H](C)CC2O)[C@@H]1O[Si](C)(C)C(C)(C)C.[HH].[HH]. The van der Waals surface area contributed by atoms with Crippen molar-refractivity contribution in [3.8, 4) is 6.07 Å². The normalized spacial score (nSPS) is 36.0. The van der Waals surface area contributed by atoms with Gasteiger partial charge in [0.2, 0.25) is 5.91 Å². The molecule has 93 heavy (non-hydrogen) atoms. The summed E-state index contributed by atoms with van der Waals surface area (Å²) in [6, 6.07) is 0.225. The van der Waals surface area contributed by atoms with Gasteiger partial charge in [-0.15, -0.1) is 0 Å². The summed E-state index contributed by atoms with van der Waals surface area (Å²) in [6.45, 7) is 35.4. The molecule has 28 nitrogen and oxygen atoms in total. The highest BCUT2D eigenvalue weighted by molar-refractivity contribution is 7.48. The summed E-state index contributed by atoms with van der Waals surface area (Å²) in [5, 5.41) is 41.0. The zero-order valence-corrected chi connectivity index (χ0v) is 62.5. The molecule has 9 unspecified atom stereocenters. The van der Waals surface area contributed by atoms with Gasteiger partial charge in [-0.05, 0) is 90.1 Å². The van der Waals surface area contributed by atoms with E-state index in [1.165, 1.54) is 0 Å². The first-order valence-electron chi connectivity index (χ1n) is 32.5. The number of nitrogens with zero attached hydrogens (tertiary/aromatic N) is 1. The number of nitrogens with one attached hydrogen (secondary N) is 1. The first-order valence-corrected chi connectivity index (χ1v) is 42.8. The van der Waals surface area contributed by atoms with Crippen LogP contribution >= 0.6 is 23.5 Å². The molecular weight excluding hydrogens is 1310 g/mol. The summed E-state index contributed by atoms with van der Waals surface area (Å²) in [7, 11) is -5.96. The topological polar surface area (TPSA) is 370 Å². The molecule has 6 aliphatic heterocycles. The number of aliphatic hydroxyl groups is 3. The molecule has 6 N–H and O–H groups in total. The van der Waals surface area contributed by atoms with E-state index in [0.29, 0.717) is 45.1 Å². The Labute approximate surface area is 559 Å². The molecule has 1 amide bonds. The van der Waals surface area contributed by atoms with Crippen LogP contribution in [0.25, 0.3) is 0 Å². The molecule has 6 fully saturated rings. The lowest BCUT2D eigenvalue weighted by Crippen LogP contribution is -2.50. The number of phosphoric ester groups is 3. The molecule has 35 heteroatoms. The van der Waals surface area contributed by atoms with Gasteiger partial charge < -0.3 is 72.4 Å². The number of amides is 1. The second-order valence-electron chi connectivity index (χ2n) is 27.6. The summed E-state index contributed by atoms with van der Waals surface area (Å²) in [4.78, 5) is 44.2. The molecule has 6 heterocycles. The molecular formula is C58H113B2N2O26P3Si2. The number of ether oxygens (including phenoxy) is 7. The van der Waals surface area contributed by atoms with Gasteiger partial charge in [0.15, 0.2) is 16.6 Å². The Balaban J connectivity index is 0.000000506. The largest absolute Gasteiger partial charge is 0.475 e. The Morgan fingerprint density at radius 3 is 1.51 bits per heavy atom. The summed E-state index contributed by atoms with van der Waals surface area (Å²) < 4.78 is 129. The quantitative estimate of drug-likeness (QED) is 0.0172. The number of phosphoric acid groups is 3. The van der Waals surface area contributed by atoms with Gasteiger partial charge in [-0.25, -0.2) is 13.7 Å². The smallest absolute Gasteiger partial charge is 0.459 e. The minimum Gasteiger partial charge on any atom is -0.459 e. The molecule has 540 valence electrons. The van der Waals surface area contributed by atoms with Crippen LogP contribution in [0.5, 0.6) is 0 Å². The Bertz CT molecular complexity index is 2540. The maximum Gasteiger partial charge on any atom is 0.475 e. The summed E-state index contributed by atoms with van der Waals surface area (Å²) in [5.74, 6) is -0.767. The Morgan fingerprint density at radius 1 is 0.591 bits per heavy atom. The number of hydrogen-bond donors (Lipinski definition) is 6. The lowest BCUT2D eigenvalue weighted by molar-refractivity contribution is -0.153. The molecule has 6 saturated heterocycles. The fourth-order valence-corrected chi connectivity index (χ4v) is 16.5. The number of carbonyl (C=O) groups excluding carboxylic acids is 2. The molecule has 0 aromatic rings. The maximum atomic E-state index is 14.0. The average molecular weight is 1430 g/mol. The van der Waals surface area contributed by atoms with E-state index in [0.717, 1.165) is 0 Å². The molecule has 0 aliphatic carbocycles. The van der Waals surface area contributed by atoms with Crippen molar-refractivity contribution in [3.05, 3.63) is 0 Å². The third-order valence-electron chi connectivity index (χ3n) is 17.8. The average Bonchev–Trinajstić information content (AvgIpc) is 1.70. The zero-order valence-electron chi connectivity index (χ0n) is 57.8. The van der Waals surface area contributed by atoms with E-state index in [1.807, 2.05) is 40.7 Å². The third kappa shape index (κ3) is 25.5. The second-order valence-corrected chi connectivity index (χ2v) is 41.5. The number of nitriles is 1. The first-order chi connectivity index (χ1) is 42.9. The van der Waals surface area contributed by atoms with Crippen LogP contribution in [0.4, 0.5) is 0 Å². The second kappa shape index (κ2) is 36.5. The zero-order chi connectivity index (χ0) is 70.4. The van der Waals surface area contributed by atoms with Crippen molar-refractivity contribution in [1.82, 2.24) is 5.32 Å². The summed E-state index contributed by atoms with van der Waals surface area (Å²) >= 11 is 0. The van der Waals surface area contributed by atoms with Crippen LogP contribution in [0, 0.1) is 11.3 Å². The predicted octanol–water partition coefficient (Wildman–Crippen LogP) is 7.92. The van der Waals surface area contributed by atoms with Gasteiger partial charge in [-0.3, -0.25) is 41.3 Å². The van der Waals surface area contributed by atoms with Gasteiger partial charge in [-0.1, -0.05) is 62.3 Å². The Hall–Kier alpha value is -1.12. The fraction of sp³-hybridized carbons (Fsp3) is 0.948. The summed E-state index contributed by atoms with van der Waals surface area (Å²) in [6.07, 6.45) is -8.80.